The number of piperidine rings is 1. The maximum Gasteiger partial charge on any atom is 0.264 e. The van der Waals surface area contributed by atoms with Crippen LogP contribution in [0.1, 0.15) is 69.2 Å². The molecule has 4 aliphatic rings. The fourth-order valence-electron chi connectivity index (χ4n) is 7.26. The van der Waals surface area contributed by atoms with Crippen molar-refractivity contribution in [2.45, 2.75) is 64.9 Å². The summed E-state index contributed by atoms with van der Waals surface area (Å²) in [4.78, 5) is 27.6. The summed E-state index contributed by atoms with van der Waals surface area (Å²) in [6.45, 7) is 4.56. The number of carbonyl (C=O) groups is 2. The molecule has 0 unspecified atom stereocenters. The molecular formula is C25H31NO3. The number of rotatable bonds is 1. The number of aliphatic hydroxyl groups excluding tert-OH is 1. The molecule has 5 rings (SSSR count). The number of fused-ring (bicyclic) bond motifs is 5. The summed E-state index contributed by atoms with van der Waals surface area (Å²) in [5.41, 5.74) is 1.40. The fraction of sp³-hybridized carbons (Fsp3) is 0.600. The van der Waals surface area contributed by atoms with Crippen molar-refractivity contribution in [3.8, 4) is 0 Å². The van der Waals surface area contributed by atoms with Gasteiger partial charge < -0.3 is 5.11 Å². The number of aliphatic hydroxyl groups is 1. The summed E-state index contributed by atoms with van der Waals surface area (Å²) in [6, 6.07) is 9.16. The van der Waals surface area contributed by atoms with E-state index in [2.05, 4.69) is 19.9 Å². The second-order valence-corrected chi connectivity index (χ2v) is 10.2. The predicted octanol–water partition coefficient (Wildman–Crippen LogP) is 4.55. The quantitative estimate of drug-likeness (QED) is 0.712. The number of imide groups is 1. The summed E-state index contributed by atoms with van der Waals surface area (Å²) in [7, 11) is 0. The summed E-state index contributed by atoms with van der Waals surface area (Å²) >= 11 is 0. The number of hydrogen-bond donors (Lipinski definition) is 1. The van der Waals surface area contributed by atoms with E-state index in [0.29, 0.717) is 29.7 Å². The van der Waals surface area contributed by atoms with Crippen molar-refractivity contribution >= 4 is 11.8 Å². The largest absolute Gasteiger partial charge is 0.393 e. The lowest BCUT2D eigenvalue weighted by atomic mass is 9.49. The highest BCUT2D eigenvalue weighted by atomic mass is 16.3. The van der Waals surface area contributed by atoms with Gasteiger partial charge in [0.05, 0.1) is 6.10 Å². The van der Waals surface area contributed by atoms with Crippen molar-refractivity contribution in [1.82, 2.24) is 4.90 Å². The van der Waals surface area contributed by atoms with E-state index in [9.17, 15) is 14.7 Å². The number of carbonyl (C=O) groups excluding carboxylic acids is 2. The molecule has 0 bridgehead atoms. The van der Waals surface area contributed by atoms with E-state index < -0.39 is 0 Å². The van der Waals surface area contributed by atoms with E-state index in [0.717, 1.165) is 44.2 Å². The molecule has 0 aromatic heterocycles. The summed E-state index contributed by atoms with van der Waals surface area (Å²) in [6.07, 6.45) is 8.30. The van der Waals surface area contributed by atoms with Crippen LogP contribution in [0.4, 0.5) is 0 Å². The molecule has 1 saturated heterocycles. The van der Waals surface area contributed by atoms with Crippen LogP contribution in [0.2, 0.25) is 0 Å². The average Bonchev–Trinajstić information content (AvgIpc) is 3.03. The van der Waals surface area contributed by atoms with Gasteiger partial charge in [-0.3, -0.25) is 14.5 Å². The third-order valence-corrected chi connectivity index (χ3v) is 8.95. The molecule has 154 valence electrons. The van der Waals surface area contributed by atoms with Gasteiger partial charge in [-0.05, 0) is 73.8 Å². The maximum absolute atomic E-state index is 13.3. The highest BCUT2D eigenvalue weighted by Crippen LogP contribution is 2.64. The number of amides is 2. The van der Waals surface area contributed by atoms with Crippen molar-refractivity contribution in [3.05, 3.63) is 47.7 Å². The molecule has 0 radical (unpaired) electrons. The Bertz CT molecular complexity index is 877. The van der Waals surface area contributed by atoms with Crippen molar-refractivity contribution < 1.29 is 14.7 Å². The fourth-order valence-corrected chi connectivity index (χ4v) is 7.26. The SMILES string of the molecule is C[C@]12CC[C@H]3[C@@H](CC=C4N(C(=O)c5ccccc5)C(=O)CC[C@@]43C)[C@@H]1CC[C@@H]2O. The molecule has 6 atom stereocenters. The zero-order chi connectivity index (χ0) is 20.4. The first-order valence-corrected chi connectivity index (χ1v) is 11.2. The Morgan fingerprint density at radius 2 is 1.83 bits per heavy atom. The summed E-state index contributed by atoms with van der Waals surface area (Å²) < 4.78 is 0. The molecule has 3 fully saturated rings. The van der Waals surface area contributed by atoms with Gasteiger partial charge in [0.25, 0.3) is 5.91 Å². The van der Waals surface area contributed by atoms with Gasteiger partial charge in [-0.1, -0.05) is 38.1 Å². The monoisotopic (exact) mass is 393 g/mol. The predicted molar refractivity (Wildman–Crippen MR) is 111 cm³/mol. The van der Waals surface area contributed by atoms with Crippen LogP contribution in [0.5, 0.6) is 0 Å². The Hall–Kier alpha value is -1.94. The topological polar surface area (TPSA) is 57.6 Å². The minimum absolute atomic E-state index is 0.0346. The number of benzene rings is 1. The summed E-state index contributed by atoms with van der Waals surface area (Å²) in [5.74, 6) is 1.30. The number of nitrogens with zero attached hydrogens (tertiary/aromatic N) is 1. The van der Waals surface area contributed by atoms with Crippen LogP contribution < -0.4 is 0 Å². The van der Waals surface area contributed by atoms with Crippen molar-refractivity contribution in [2.75, 3.05) is 0 Å². The van der Waals surface area contributed by atoms with Crippen LogP contribution in [0.15, 0.2) is 42.1 Å². The molecule has 0 spiro atoms. The Morgan fingerprint density at radius 3 is 2.59 bits per heavy atom. The van der Waals surface area contributed by atoms with Crippen molar-refractivity contribution in [2.24, 2.45) is 28.6 Å². The van der Waals surface area contributed by atoms with Crippen molar-refractivity contribution in [1.29, 1.82) is 0 Å². The molecule has 4 heteroatoms. The van der Waals surface area contributed by atoms with Crippen LogP contribution >= 0.6 is 0 Å². The lowest BCUT2D eigenvalue weighted by Gasteiger charge is -2.58. The molecule has 29 heavy (non-hydrogen) atoms. The standard InChI is InChI=1S/C25H31NO3/c1-24-15-13-22(28)26(23(29)16-6-4-3-5-7-16)20(24)10-8-17-18-9-11-21(27)25(18,2)14-12-19(17)24/h3-7,10,17-19,21,27H,8-9,11-15H2,1-2H3/t17-,18-,19-,21-,24+,25-/m0/s1. The molecule has 1 N–H and O–H groups in total. The van der Waals surface area contributed by atoms with Gasteiger partial charge in [-0.15, -0.1) is 0 Å². The van der Waals surface area contributed by atoms with E-state index in [1.165, 1.54) is 4.90 Å². The molecule has 1 aliphatic heterocycles. The third kappa shape index (κ3) is 2.61. The van der Waals surface area contributed by atoms with Crippen LogP contribution in [0.3, 0.4) is 0 Å². The minimum atomic E-state index is -0.192. The van der Waals surface area contributed by atoms with Gasteiger partial charge in [-0.25, -0.2) is 0 Å². The van der Waals surface area contributed by atoms with Crippen LogP contribution in [-0.2, 0) is 4.79 Å². The Labute approximate surface area is 173 Å². The molecule has 1 aromatic rings. The van der Waals surface area contributed by atoms with E-state index in [4.69, 9.17) is 0 Å². The van der Waals surface area contributed by atoms with E-state index >= 15 is 0 Å². The van der Waals surface area contributed by atoms with E-state index in [1.54, 1.807) is 12.1 Å². The molecule has 1 aromatic carbocycles. The first-order chi connectivity index (χ1) is 13.9. The number of hydrogen-bond acceptors (Lipinski definition) is 3. The zero-order valence-corrected chi connectivity index (χ0v) is 17.4. The van der Waals surface area contributed by atoms with Gasteiger partial charge >= 0.3 is 0 Å². The van der Waals surface area contributed by atoms with E-state index in [1.807, 2.05) is 18.2 Å². The molecule has 4 nitrogen and oxygen atoms in total. The molecule has 1 heterocycles. The molecular weight excluding hydrogens is 362 g/mol. The second-order valence-electron chi connectivity index (χ2n) is 10.2. The van der Waals surface area contributed by atoms with Gasteiger partial charge in [0.2, 0.25) is 5.91 Å². The Morgan fingerprint density at radius 1 is 1.07 bits per heavy atom. The third-order valence-electron chi connectivity index (χ3n) is 8.95. The zero-order valence-electron chi connectivity index (χ0n) is 17.4. The van der Waals surface area contributed by atoms with Gasteiger partial charge in [0.15, 0.2) is 0 Å². The molecule has 2 amide bonds. The Balaban J connectivity index is 1.52. The number of allylic oxidation sites excluding steroid dienone is 2. The highest BCUT2D eigenvalue weighted by Gasteiger charge is 2.60. The van der Waals surface area contributed by atoms with Crippen LogP contribution in [0, 0.1) is 28.6 Å². The van der Waals surface area contributed by atoms with E-state index in [-0.39, 0.29) is 28.7 Å². The maximum atomic E-state index is 13.3. The summed E-state index contributed by atoms with van der Waals surface area (Å²) in [5, 5.41) is 10.6. The minimum Gasteiger partial charge on any atom is -0.393 e. The highest BCUT2D eigenvalue weighted by molar-refractivity contribution is 6.07. The lowest BCUT2D eigenvalue weighted by molar-refractivity contribution is -0.134. The first kappa shape index (κ1) is 19.0. The second kappa shape index (κ2) is 6.53. The van der Waals surface area contributed by atoms with Gasteiger partial charge in [-0.2, -0.15) is 0 Å². The molecule has 2 saturated carbocycles. The van der Waals surface area contributed by atoms with Gasteiger partial charge in [0, 0.05) is 23.1 Å². The number of likely N-dealkylation sites (tertiary alicyclic amines) is 1. The van der Waals surface area contributed by atoms with Gasteiger partial charge in [0.1, 0.15) is 0 Å². The smallest absolute Gasteiger partial charge is 0.264 e. The van der Waals surface area contributed by atoms with Crippen molar-refractivity contribution in [3.63, 3.8) is 0 Å². The normalized spacial score (nSPS) is 41.3. The lowest BCUT2D eigenvalue weighted by Crippen LogP contribution is -2.55. The average molecular weight is 394 g/mol. The Kier molecular flexibility index (Phi) is 4.29. The van der Waals surface area contributed by atoms with Crippen LogP contribution in [0.25, 0.3) is 0 Å². The first-order valence-electron chi connectivity index (χ1n) is 11.2. The molecule has 3 aliphatic carbocycles. The van der Waals surface area contributed by atoms with Crippen LogP contribution in [-0.4, -0.2) is 27.9 Å².